The predicted octanol–water partition coefficient (Wildman–Crippen LogP) is 2.30. The van der Waals surface area contributed by atoms with Crippen LogP contribution >= 0.6 is 15.9 Å². The third kappa shape index (κ3) is 3.21. The summed E-state index contributed by atoms with van der Waals surface area (Å²) in [5.74, 6) is 1.10. The molecule has 16 heavy (non-hydrogen) atoms. The lowest BCUT2D eigenvalue weighted by molar-refractivity contribution is 0.112. The van der Waals surface area contributed by atoms with Crippen molar-refractivity contribution in [2.24, 2.45) is 0 Å². The van der Waals surface area contributed by atoms with E-state index in [1.165, 1.54) is 7.11 Å². The molecular formula is C11H13BrO4. The van der Waals surface area contributed by atoms with Crippen molar-refractivity contribution in [1.29, 1.82) is 0 Å². The van der Waals surface area contributed by atoms with Crippen LogP contribution in [0.5, 0.6) is 11.5 Å². The summed E-state index contributed by atoms with van der Waals surface area (Å²) in [6.07, 6.45) is 0.756. The van der Waals surface area contributed by atoms with Crippen LogP contribution in [0.2, 0.25) is 0 Å². The molecular weight excluding hydrogens is 276 g/mol. The number of halogens is 1. The third-order valence-corrected chi connectivity index (χ3v) is 2.51. The lowest BCUT2D eigenvalue weighted by Gasteiger charge is -2.12. The van der Waals surface area contributed by atoms with E-state index in [1.54, 1.807) is 19.2 Å². The van der Waals surface area contributed by atoms with Gasteiger partial charge in [0.15, 0.2) is 11.5 Å². The van der Waals surface area contributed by atoms with E-state index in [9.17, 15) is 4.79 Å². The normalized spacial score (nSPS) is 9.94. The minimum Gasteiger partial charge on any atom is -0.493 e. The van der Waals surface area contributed by atoms with E-state index in [1.807, 2.05) is 0 Å². The molecule has 0 amide bonds. The van der Waals surface area contributed by atoms with Crippen LogP contribution in [0.15, 0.2) is 16.6 Å². The van der Waals surface area contributed by atoms with E-state index in [0.717, 1.165) is 6.29 Å². The first-order valence-electron chi connectivity index (χ1n) is 4.67. The van der Waals surface area contributed by atoms with Crippen LogP contribution in [0.1, 0.15) is 10.4 Å². The number of methoxy groups -OCH3 is 2. The average Bonchev–Trinajstić information content (AvgIpc) is 2.30. The summed E-state index contributed by atoms with van der Waals surface area (Å²) in [6.45, 7) is 0.914. The highest BCUT2D eigenvalue weighted by molar-refractivity contribution is 9.10. The zero-order chi connectivity index (χ0) is 12.0. The number of hydrogen-bond donors (Lipinski definition) is 0. The van der Waals surface area contributed by atoms with Gasteiger partial charge in [-0.25, -0.2) is 0 Å². The first-order valence-corrected chi connectivity index (χ1v) is 5.46. The summed E-state index contributed by atoms with van der Waals surface area (Å²) in [4.78, 5) is 10.7. The molecule has 0 saturated carbocycles. The van der Waals surface area contributed by atoms with E-state index in [0.29, 0.717) is 34.7 Å². The summed E-state index contributed by atoms with van der Waals surface area (Å²) < 4.78 is 16.2. The number of rotatable bonds is 6. The molecule has 0 unspecified atom stereocenters. The Morgan fingerprint density at radius 2 is 2.06 bits per heavy atom. The Morgan fingerprint density at radius 3 is 2.62 bits per heavy atom. The maximum atomic E-state index is 10.7. The number of ether oxygens (including phenoxy) is 3. The molecule has 4 nitrogen and oxygen atoms in total. The van der Waals surface area contributed by atoms with Crippen molar-refractivity contribution in [3.63, 3.8) is 0 Å². The van der Waals surface area contributed by atoms with Crippen LogP contribution in [-0.2, 0) is 4.74 Å². The topological polar surface area (TPSA) is 44.8 Å². The summed E-state index contributed by atoms with van der Waals surface area (Å²) in [5.41, 5.74) is 0.530. The van der Waals surface area contributed by atoms with Crippen LogP contribution < -0.4 is 9.47 Å². The van der Waals surface area contributed by atoms with Crippen LogP contribution in [0.25, 0.3) is 0 Å². The minimum atomic E-state index is 0.423. The summed E-state index contributed by atoms with van der Waals surface area (Å²) >= 11 is 3.33. The lowest BCUT2D eigenvalue weighted by atomic mass is 10.2. The fourth-order valence-corrected chi connectivity index (χ4v) is 1.75. The fourth-order valence-electron chi connectivity index (χ4n) is 1.17. The molecule has 0 aliphatic carbocycles. The first kappa shape index (κ1) is 13.0. The van der Waals surface area contributed by atoms with E-state index >= 15 is 0 Å². The van der Waals surface area contributed by atoms with E-state index in [4.69, 9.17) is 14.2 Å². The molecule has 1 aromatic carbocycles. The summed E-state index contributed by atoms with van der Waals surface area (Å²) in [5, 5.41) is 0. The molecule has 88 valence electrons. The second kappa shape index (κ2) is 6.50. The molecule has 0 bridgehead atoms. The van der Waals surface area contributed by atoms with Crippen molar-refractivity contribution in [1.82, 2.24) is 0 Å². The second-order valence-corrected chi connectivity index (χ2v) is 3.85. The van der Waals surface area contributed by atoms with Crippen LogP contribution in [-0.4, -0.2) is 33.7 Å². The van der Waals surface area contributed by atoms with Gasteiger partial charge in [-0.15, -0.1) is 0 Å². The molecule has 0 heterocycles. The van der Waals surface area contributed by atoms with Gasteiger partial charge in [-0.2, -0.15) is 0 Å². The number of carbonyl (C=O) groups is 1. The van der Waals surface area contributed by atoms with Crippen LogP contribution in [0.3, 0.4) is 0 Å². The Labute approximate surface area is 103 Å². The fraction of sp³-hybridized carbons (Fsp3) is 0.364. The molecule has 0 fully saturated rings. The minimum absolute atomic E-state index is 0.423. The van der Waals surface area contributed by atoms with Gasteiger partial charge in [0.2, 0.25) is 0 Å². The molecule has 0 aliphatic rings. The van der Waals surface area contributed by atoms with E-state index in [2.05, 4.69) is 15.9 Å². The van der Waals surface area contributed by atoms with Gasteiger partial charge in [0.25, 0.3) is 0 Å². The van der Waals surface area contributed by atoms with Gasteiger partial charge in [0, 0.05) is 12.7 Å². The maximum absolute atomic E-state index is 10.7. The number of aldehydes is 1. The Morgan fingerprint density at radius 1 is 1.31 bits per heavy atom. The van der Waals surface area contributed by atoms with Gasteiger partial charge in [-0.1, -0.05) is 0 Å². The monoisotopic (exact) mass is 288 g/mol. The zero-order valence-electron chi connectivity index (χ0n) is 9.16. The van der Waals surface area contributed by atoms with Gasteiger partial charge in [-0.3, -0.25) is 4.79 Å². The molecule has 0 saturated heterocycles. The standard InChI is InChI=1S/C11H13BrO4/c1-14-3-4-16-11-9(12)5-8(7-13)6-10(11)15-2/h5-7H,3-4H2,1-2H3. The summed E-state index contributed by atoms with van der Waals surface area (Å²) in [6, 6.07) is 3.30. The Kier molecular flexibility index (Phi) is 5.28. The molecule has 1 aromatic rings. The van der Waals surface area contributed by atoms with Crippen molar-refractivity contribution in [2.45, 2.75) is 0 Å². The number of benzene rings is 1. The molecule has 0 N–H and O–H groups in total. The average molecular weight is 289 g/mol. The predicted molar refractivity (Wildman–Crippen MR) is 63.5 cm³/mol. The Balaban J connectivity index is 2.92. The Bertz CT molecular complexity index is 365. The highest BCUT2D eigenvalue weighted by Crippen LogP contribution is 2.36. The molecule has 5 heteroatoms. The third-order valence-electron chi connectivity index (χ3n) is 1.92. The van der Waals surface area contributed by atoms with Crippen molar-refractivity contribution in [3.8, 4) is 11.5 Å². The van der Waals surface area contributed by atoms with Gasteiger partial charge in [-0.05, 0) is 28.1 Å². The van der Waals surface area contributed by atoms with Gasteiger partial charge in [0.1, 0.15) is 12.9 Å². The van der Waals surface area contributed by atoms with E-state index < -0.39 is 0 Å². The van der Waals surface area contributed by atoms with Crippen LogP contribution in [0.4, 0.5) is 0 Å². The molecule has 0 spiro atoms. The van der Waals surface area contributed by atoms with Crippen molar-refractivity contribution in [3.05, 3.63) is 22.2 Å². The largest absolute Gasteiger partial charge is 0.493 e. The zero-order valence-corrected chi connectivity index (χ0v) is 10.7. The molecule has 0 aliphatic heterocycles. The highest BCUT2D eigenvalue weighted by atomic mass is 79.9. The molecule has 0 aromatic heterocycles. The van der Waals surface area contributed by atoms with Gasteiger partial charge >= 0.3 is 0 Å². The lowest BCUT2D eigenvalue weighted by Crippen LogP contribution is -2.06. The molecule has 0 atom stereocenters. The quantitative estimate of drug-likeness (QED) is 0.595. The number of hydrogen-bond acceptors (Lipinski definition) is 4. The molecule has 0 radical (unpaired) electrons. The van der Waals surface area contributed by atoms with Crippen molar-refractivity contribution in [2.75, 3.05) is 27.4 Å². The smallest absolute Gasteiger partial charge is 0.175 e. The second-order valence-electron chi connectivity index (χ2n) is 2.99. The number of carbonyl (C=O) groups excluding carboxylic acids is 1. The van der Waals surface area contributed by atoms with Gasteiger partial charge < -0.3 is 14.2 Å². The summed E-state index contributed by atoms with van der Waals surface area (Å²) in [7, 11) is 3.13. The van der Waals surface area contributed by atoms with Crippen molar-refractivity contribution < 1.29 is 19.0 Å². The maximum Gasteiger partial charge on any atom is 0.175 e. The first-order chi connectivity index (χ1) is 7.72. The van der Waals surface area contributed by atoms with Gasteiger partial charge in [0.05, 0.1) is 18.2 Å². The highest BCUT2D eigenvalue weighted by Gasteiger charge is 2.11. The Hall–Kier alpha value is -1.07. The van der Waals surface area contributed by atoms with Crippen LogP contribution in [0, 0.1) is 0 Å². The van der Waals surface area contributed by atoms with Crippen molar-refractivity contribution >= 4 is 22.2 Å². The SMILES string of the molecule is COCCOc1c(Br)cc(C=O)cc1OC. The molecule has 1 rings (SSSR count). The van der Waals surface area contributed by atoms with E-state index in [-0.39, 0.29) is 0 Å².